The second-order valence-corrected chi connectivity index (χ2v) is 6.67. The lowest BCUT2D eigenvalue weighted by Gasteiger charge is -2.30. The van der Waals surface area contributed by atoms with Crippen molar-refractivity contribution in [3.05, 3.63) is 35.9 Å². The summed E-state index contributed by atoms with van der Waals surface area (Å²) < 4.78 is 0. The summed E-state index contributed by atoms with van der Waals surface area (Å²) in [4.78, 5) is 9.36. The van der Waals surface area contributed by atoms with Crippen LogP contribution < -0.4 is 5.73 Å². The molecule has 0 radical (unpaired) electrons. The molecule has 0 aliphatic carbocycles. The Morgan fingerprint density at radius 2 is 1.86 bits per heavy atom. The lowest BCUT2D eigenvalue weighted by molar-refractivity contribution is 0.224. The largest absolute Gasteiger partial charge is 0.370 e. The smallest absolute Gasteiger partial charge is 0.191 e. The van der Waals surface area contributed by atoms with Gasteiger partial charge in [-0.05, 0) is 18.7 Å². The molecule has 1 aliphatic rings. The van der Waals surface area contributed by atoms with E-state index < -0.39 is 0 Å². The maximum atomic E-state index is 6.21. The highest BCUT2D eigenvalue weighted by Crippen LogP contribution is 2.21. The predicted molar refractivity (Wildman–Crippen MR) is 97.5 cm³/mol. The van der Waals surface area contributed by atoms with Gasteiger partial charge in [-0.2, -0.15) is 11.8 Å². The van der Waals surface area contributed by atoms with Gasteiger partial charge in [-0.3, -0.25) is 9.89 Å². The predicted octanol–water partition coefficient (Wildman–Crippen LogP) is 2.43. The molecule has 1 heterocycles. The van der Waals surface area contributed by atoms with Crippen molar-refractivity contribution in [2.45, 2.75) is 19.9 Å². The van der Waals surface area contributed by atoms with Crippen LogP contribution >= 0.6 is 11.8 Å². The minimum Gasteiger partial charge on any atom is -0.370 e. The number of rotatable bonds is 6. The molecule has 22 heavy (non-hydrogen) atoms. The molecule has 4 nitrogen and oxygen atoms in total. The fourth-order valence-electron chi connectivity index (χ4n) is 2.84. The quantitative estimate of drug-likeness (QED) is 0.646. The Balaban J connectivity index is 2.08. The molecule has 5 heteroatoms. The molecular weight excluding hydrogens is 292 g/mol. The van der Waals surface area contributed by atoms with Crippen molar-refractivity contribution in [3.63, 3.8) is 0 Å². The molecule has 1 aromatic rings. The van der Waals surface area contributed by atoms with Gasteiger partial charge < -0.3 is 10.6 Å². The lowest BCUT2D eigenvalue weighted by Crippen LogP contribution is -2.43. The highest BCUT2D eigenvalue weighted by molar-refractivity contribution is 7.99. The van der Waals surface area contributed by atoms with Gasteiger partial charge in [-0.15, -0.1) is 0 Å². The summed E-state index contributed by atoms with van der Waals surface area (Å²) in [7, 11) is 0. The van der Waals surface area contributed by atoms with Crippen molar-refractivity contribution in [2.24, 2.45) is 10.7 Å². The van der Waals surface area contributed by atoms with Crippen molar-refractivity contribution < 1.29 is 0 Å². The molecule has 0 bridgehead atoms. The number of guanidine groups is 1. The van der Waals surface area contributed by atoms with Gasteiger partial charge >= 0.3 is 0 Å². The minimum absolute atomic E-state index is 0.300. The third kappa shape index (κ3) is 4.65. The molecule has 1 fully saturated rings. The highest BCUT2D eigenvalue weighted by atomic mass is 32.2. The number of nitrogens with zero attached hydrogens (tertiary/aromatic N) is 3. The summed E-state index contributed by atoms with van der Waals surface area (Å²) in [6.45, 7) is 9.20. The molecule has 0 spiro atoms. The van der Waals surface area contributed by atoms with E-state index in [1.165, 1.54) is 5.56 Å². The van der Waals surface area contributed by atoms with Crippen LogP contribution in [0.15, 0.2) is 35.3 Å². The summed E-state index contributed by atoms with van der Waals surface area (Å²) in [5.41, 5.74) is 7.52. The molecule has 1 saturated heterocycles. The first kappa shape index (κ1) is 17.2. The molecule has 2 rings (SSSR count). The third-order valence-electron chi connectivity index (χ3n) is 4.20. The van der Waals surface area contributed by atoms with Crippen LogP contribution in [0.5, 0.6) is 0 Å². The molecule has 1 aliphatic heterocycles. The Morgan fingerprint density at radius 3 is 2.45 bits per heavy atom. The van der Waals surface area contributed by atoms with Crippen molar-refractivity contribution >= 4 is 17.7 Å². The zero-order valence-electron chi connectivity index (χ0n) is 13.7. The van der Waals surface area contributed by atoms with Gasteiger partial charge in [0.25, 0.3) is 0 Å². The van der Waals surface area contributed by atoms with Gasteiger partial charge in [-0.25, -0.2) is 0 Å². The molecule has 2 N–H and O–H groups in total. The van der Waals surface area contributed by atoms with Gasteiger partial charge in [-0.1, -0.05) is 44.2 Å². The van der Waals surface area contributed by atoms with Gasteiger partial charge in [0, 0.05) is 24.6 Å². The first-order valence-electron chi connectivity index (χ1n) is 8.17. The summed E-state index contributed by atoms with van der Waals surface area (Å²) in [5.74, 6) is 3.00. The first-order valence-corrected chi connectivity index (χ1v) is 9.33. The molecule has 0 aromatic heterocycles. The van der Waals surface area contributed by atoms with E-state index in [0.29, 0.717) is 12.0 Å². The Labute approximate surface area is 138 Å². The molecule has 122 valence electrons. The first-order chi connectivity index (χ1) is 10.8. The van der Waals surface area contributed by atoms with E-state index in [4.69, 9.17) is 10.7 Å². The van der Waals surface area contributed by atoms with Gasteiger partial charge in [0.1, 0.15) is 0 Å². The molecular formula is C17H28N4S. The maximum Gasteiger partial charge on any atom is 0.191 e. The van der Waals surface area contributed by atoms with Crippen LogP contribution in [0.3, 0.4) is 0 Å². The zero-order chi connectivity index (χ0) is 15.8. The fraction of sp³-hybridized carbons (Fsp3) is 0.588. The molecule has 1 unspecified atom stereocenters. The average molecular weight is 321 g/mol. The van der Waals surface area contributed by atoms with Crippen LogP contribution in [0.1, 0.15) is 25.5 Å². The molecule has 0 amide bonds. The minimum atomic E-state index is 0.300. The number of likely N-dealkylation sites (N-methyl/N-ethyl adjacent to an activating group) is 1. The van der Waals surface area contributed by atoms with Crippen molar-refractivity contribution in [1.82, 2.24) is 9.80 Å². The van der Waals surface area contributed by atoms with E-state index in [1.807, 2.05) is 11.8 Å². The number of nitrogens with two attached hydrogens (primary N) is 1. The summed E-state index contributed by atoms with van der Waals surface area (Å²) in [6, 6.07) is 10.9. The normalized spacial score (nSPS) is 17.8. The number of aliphatic imine (C=N–C) groups is 1. The summed E-state index contributed by atoms with van der Waals surface area (Å²) >= 11 is 1.99. The highest BCUT2D eigenvalue weighted by Gasteiger charge is 2.18. The van der Waals surface area contributed by atoms with E-state index in [9.17, 15) is 0 Å². The molecule has 1 aromatic carbocycles. The monoisotopic (exact) mass is 320 g/mol. The average Bonchev–Trinajstić information content (AvgIpc) is 2.60. The van der Waals surface area contributed by atoms with Crippen molar-refractivity contribution in [3.8, 4) is 0 Å². The summed E-state index contributed by atoms with van der Waals surface area (Å²) in [5, 5.41) is 0. The SMILES string of the molecule is CCN(CC)C(CN=C(N)N1CCSCC1)c1ccccc1. The molecule has 0 saturated carbocycles. The Hall–Kier alpha value is -1.20. The number of hydrogen-bond donors (Lipinski definition) is 1. The summed E-state index contributed by atoms with van der Waals surface area (Å²) in [6.07, 6.45) is 0. The molecule has 1 atom stereocenters. The van der Waals surface area contributed by atoms with E-state index in [0.717, 1.165) is 44.2 Å². The van der Waals surface area contributed by atoms with Crippen molar-refractivity contribution in [2.75, 3.05) is 44.2 Å². The standard InChI is InChI=1S/C17H28N4S/c1-3-20(4-2)16(15-8-6-5-7-9-15)14-19-17(18)21-10-12-22-13-11-21/h5-9,16H,3-4,10-14H2,1-2H3,(H2,18,19). The van der Waals surface area contributed by atoms with Crippen LogP contribution in [0.4, 0.5) is 0 Å². The lowest BCUT2D eigenvalue weighted by atomic mass is 10.1. The van der Waals surface area contributed by atoms with E-state index in [1.54, 1.807) is 0 Å². The van der Waals surface area contributed by atoms with E-state index in [-0.39, 0.29) is 0 Å². The van der Waals surface area contributed by atoms with E-state index >= 15 is 0 Å². The van der Waals surface area contributed by atoms with Crippen LogP contribution in [-0.2, 0) is 0 Å². The van der Waals surface area contributed by atoms with Crippen LogP contribution in [0.2, 0.25) is 0 Å². The number of hydrogen-bond acceptors (Lipinski definition) is 3. The Morgan fingerprint density at radius 1 is 1.23 bits per heavy atom. The second kappa shape index (κ2) is 9.06. The Kier molecular flexibility index (Phi) is 7.06. The number of benzene rings is 1. The topological polar surface area (TPSA) is 44.9 Å². The van der Waals surface area contributed by atoms with Gasteiger partial charge in [0.2, 0.25) is 0 Å². The van der Waals surface area contributed by atoms with Gasteiger partial charge in [0.05, 0.1) is 12.6 Å². The van der Waals surface area contributed by atoms with Crippen LogP contribution in [0, 0.1) is 0 Å². The number of thioether (sulfide) groups is 1. The third-order valence-corrected chi connectivity index (χ3v) is 5.14. The maximum absolute atomic E-state index is 6.21. The fourth-order valence-corrected chi connectivity index (χ4v) is 3.75. The van der Waals surface area contributed by atoms with Crippen LogP contribution in [0.25, 0.3) is 0 Å². The zero-order valence-corrected chi connectivity index (χ0v) is 14.6. The van der Waals surface area contributed by atoms with E-state index in [2.05, 4.69) is 54.0 Å². The van der Waals surface area contributed by atoms with Gasteiger partial charge in [0.15, 0.2) is 5.96 Å². The Bertz CT molecular complexity index is 453. The second-order valence-electron chi connectivity index (χ2n) is 5.45. The van der Waals surface area contributed by atoms with Crippen LogP contribution in [-0.4, -0.2) is 60.0 Å². The van der Waals surface area contributed by atoms with Crippen molar-refractivity contribution in [1.29, 1.82) is 0 Å².